The first kappa shape index (κ1) is 13.3. The normalized spacial score (nSPS) is 21.0. The fourth-order valence-corrected chi connectivity index (χ4v) is 1.86. The van der Waals surface area contributed by atoms with E-state index in [0.717, 1.165) is 6.42 Å². The molecule has 1 aliphatic rings. The molecule has 2 unspecified atom stereocenters. The lowest BCUT2D eigenvalue weighted by atomic mass is 10.1. The molecule has 1 fully saturated rings. The average Bonchev–Trinajstić information content (AvgIpc) is 2.64. The van der Waals surface area contributed by atoms with Crippen LogP contribution < -0.4 is 11.1 Å². The Morgan fingerprint density at radius 1 is 1.53 bits per heavy atom. The maximum Gasteiger partial charge on any atom is 0.318 e. The molecule has 0 saturated carbocycles. The van der Waals surface area contributed by atoms with Gasteiger partial charge >= 0.3 is 12.0 Å². The van der Waals surface area contributed by atoms with E-state index in [-0.39, 0.29) is 12.5 Å². The molecule has 17 heavy (non-hydrogen) atoms. The number of carboxylic acids is 1. The van der Waals surface area contributed by atoms with Gasteiger partial charge in [-0.1, -0.05) is 0 Å². The molecule has 3 amide bonds. The number of amides is 3. The van der Waals surface area contributed by atoms with Gasteiger partial charge in [-0.15, -0.1) is 0 Å². The van der Waals surface area contributed by atoms with E-state index in [9.17, 15) is 14.4 Å². The van der Waals surface area contributed by atoms with E-state index in [1.807, 2.05) is 0 Å². The minimum absolute atomic E-state index is 0.0711. The van der Waals surface area contributed by atoms with Gasteiger partial charge in [0.25, 0.3) is 0 Å². The molecule has 96 valence electrons. The molecule has 0 aromatic rings. The second kappa shape index (κ2) is 5.51. The molecule has 0 aromatic carbocycles. The fraction of sp³-hybridized carbons (Fsp3) is 0.700. The largest absolute Gasteiger partial charge is 0.481 e. The second-order valence-corrected chi connectivity index (χ2v) is 4.16. The number of nitrogens with two attached hydrogens (primary N) is 1. The third kappa shape index (κ3) is 3.61. The van der Waals surface area contributed by atoms with Crippen LogP contribution in [0.25, 0.3) is 0 Å². The van der Waals surface area contributed by atoms with Gasteiger partial charge in [0.05, 0.1) is 6.42 Å². The summed E-state index contributed by atoms with van der Waals surface area (Å²) in [5.74, 6) is -1.55. The number of rotatable bonds is 4. The van der Waals surface area contributed by atoms with Gasteiger partial charge in [0.15, 0.2) is 0 Å². The standard InChI is InChI=1S/C10H17N3O4/c1-6(9(11)16)12-10(17)13-4-2-3-7(13)5-8(14)15/h6-7H,2-5H2,1H3,(H2,11,16)(H,12,17)(H,14,15). The molecule has 1 rings (SSSR count). The Hall–Kier alpha value is -1.79. The minimum atomic E-state index is -0.933. The van der Waals surface area contributed by atoms with Crippen molar-refractivity contribution in [1.82, 2.24) is 10.2 Å². The van der Waals surface area contributed by atoms with Crippen LogP contribution in [0.3, 0.4) is 0 Å². The number of aliphatic carboxylic acids is 1. The zero-order chi connectivity index (χ0) is 13.0. The van der Waals surface area contributed by atoms with Crippen LogP contribution in [0.15, 0.2) is 0 Å². The van der Waals surface area contributed by atoms with Crippen molar-refractivity contribution in [2.45, 2.75) is 38.3 Å². The van der Waals surface area contributed by atoms with Crippen molar-refractivity contribution in [2.24, 2.45) is 5.73 Å². The Morgan fingerprint density at radius 3 is 2.71 bits per heavy atom. The number of carbonyl (C=O) groups is 3. The van der Waals surface area contributed by atoms with Crippen LogP contribution in [0.1, 0.15) is 26.2 Å². The van der Waals surface area contributed by atoms with Gasteiger partial charge < -0.3 is 21.1 Å². The van der Waals surface area contributed by atoms with E-state index < -0.39 is 23.9 Å². The van der Waals surface area contributed by atoms with Crippen LogP contribution in [0, 0.1) is 0 Å². The predicted molar refractivity (Wildman–Crippen MR) is 59.2 cm³/mol. The highest BCUT2D eigenvalue weighted by atomic mass is 16.4. The third-order valence-corrected chi connectivity index (χ3v) is 2.82. The molecule has 0 spiro atoms. The summed E-state index contributed by atoms with van der Waals surface area (Å²) in [6, 6.07) is -1.48. The molecule has 0 aliphatic carbocycles. The third-order valence-electron chi connectivity index (χ3n) is 2.82. The molecule has 0 bridgehead atoms. The number of carboxylic acid groups (broad SMARTS) is 1. The summed E-state index contributed by atoms with van der Waals surface area (Å²) in [5, 5.41) is 11.2. The number of nitrogens with zero attached hydrogens (tertiary/aromatic N) is 1. The van der Waals surface area contributed by atoms with Crippen molar-refractivity contribution in [3.63, 3.8) is 0 Å². The maximum atomic E-state index is 11.8. The lowest BCUT2D eigenvalue weighted by Crippen LogP contribution is -2.50. The molecule has 0 radical (unpaired) electrons. The van der Waals surface area contributed by atoms with Crippen molar-refractivity contribution in [1.29, 1.82) is 0 Å². The van der Waals surface area contributed by atoms with E-state index >= 15 is 0 Å². The maximum absolute atomic E-state index is 11.8. The Labute approximate surface area is 98.9 Å². The first-order chi connectivity index (χ1) is 7.91. The molecule has 7 nitrogen and oxygen atoms in total. The van der Waals surface area contributed by atoms with Gasteiger partial charge in [-0.2, -0.15) is 0 Å². The summed E-state index contributed by atoms with van der Waals surface area (Å²) in [6.07, 6.45) is 1.37. The fourth-order valence-electron chi connectivity index (χ4n) is 1.86. The summed E-state index contributed by atoms with van der Waals surface area (Å²) in [4.78, 5) is 34.6. The molecule has 1 saturated heterocycles. The highest BCUT2D eigenvalue weighted by Gasteiger charge is 2.31. The number of hydrogen-bond acceptors (Lipinski definition) is 3. The van der Waals surface area contributed by atoms with Gasteiger partial charge in [0, 0.05) is 12.6 Å². The van der Waals surface area contributed by atoms with Crippen molar-refractivity contribution in [3.05, 3.63) is 0 Å². The zero-order valence-corrected chi connectivity index (χ0v) is 9.68. The van der Waals surface area contributed by atoms with E-state index in [1.165, 1.54) is 11.8 Å². The Bertz CT molecular complexity index is 332. The van der Waals surface area contributed by atoms with Crippen LogP contribution in [0.4, 0.5) is 4.79 Å². The van der Waals surface area contributed by atoms with Gasteiger partial charge in [0.1, 0.15) is 6.04 Å². The van der Waals surface area contributed by atoms with E-state index in [0.29, 0.717) is 13.0 Å². The Kier molecular flexibility index (Phi) is 4.30. The number of nitrogens with one attached hydrogen (secondary N) is 1. The van der Waals surface area contributed by atoms with Crippen LogP contribution in [-0.4, -0.2) is 46.5 Å². The first-order valence-corrected chi connectivity index (χ1v) is 5.50. The van der Waals surface area contributed by atoms with E-state index in [2.05, 4.69) is 5.32 Å². The molecule has 1 heterocycles. The molecule has 7 heteroatoms. The van der Waals surface area contributed by atoms with Gasteiger partial charge in [-0.25, -0.2) is 4.79 Å². The van der Waals surface area contributed by atoms with Crippen molar-refractivity contribution in [3.8, 4) is 0 Å². The molecule has 1 aliphatic heterocycles. The summed E-state index contributed by atoms with van der Waals surface area (Å²) in [6.45, 7) is 2.00. The topological polar surface area (TPSA) is 113 Å². The number of likely N-dealkylation sites (tertiary alicyclic amines) is 1. The summed E-state index contributed by atoms with van der Waals surface area (Å²) >= 11 is 0. The van der Waals surface area contributed by atoms with Crippen LogP contribution in [-0.2, 0) is 9.59 Å². The van der Waals surface area contributed by atoms with Crippen LogP contribution in [0.2, 0.25) is 0 Å². The predicted octanol–water partition coefficient (Wildman–Crippen LogP) is -0.491. The smallest absolute Gasteiger partial charge is 0.318 e. The van der Waals surface area contributed by atoms with Crippen LogP contribution >= 0.6 is 0 Å². The Morgan fingerprint density at radius 2 is 2.18 bits per heavy atom. The highest BCUT2D eigenvalue weighted by Crippen LogP contribution is 2.20. The molecule has 2 atom stereocenters. The molecular weight excluding hydrogens is 226 g/mol. The summed E-state index contributed by atoms with van der Waals surface area (Å²) in [5.41, 5.74) is 5.03. The Balaban J connectivity index is 2.55. The van der Waals surface area contributed by atoms with E-state index in [1.54, 1.807) is 0 Å². The zero-order valence-electron chi connectivity index (χ0n) is 9.68. The number of primary amides is 1. The monoisotopic (exact) mass is 243 g/mol. The first-order valence-electron chi connectivity index (χ1n) is 5.50. The number of hydrogen-bond donors (Lipinski definition) is 3. The quantitative estimate of drug-likeness (QED) is 0.618. The van der Waals surface area contributed by atoms with Gasteiger partial charge in [-0.3, -0.25) is 9.59 Å². The lowest BCUT2D eigenvalue weighted by Gasteiger charge is -2.25. The highest BCUT2D eigenvalue weighted by molar-refractivity contribution is 5.85. The summed E-state index contributed by atoms with van der Waals surface area (Å²) < 4.78 is 0. The van der Waals surface area contributed by atoms with Gasteiger partial charge in [0.2, 0.25) is 5.91 Å². The average molecular weight is 243 g/mol. The van der Waals surface area contributed by atoms with E-state index in [4.69, 9.17) is 10.8 Å². The van der Waals surface area contributed by atoms with Crippen molar-refractivity contribution >= 4 is 17.9 Å². The number of urea groups is 1. The second-order valence-electron chi connectivity index (χ2n) is 4.16. The summed E-state index contributed by atoms with van der Waals surface area (Å²) in [7, 11) is 0. The molecule has 4 N–H and O–H groups in total. The number of carbonyl (C=O) groups excluding carboxylic acids is 2. The van der Waals surface area contributed by atoms with Crippen molar-refractivity contribution in [2.75, 3.05) is 6.54 Å². The van der Waals surface area contributed by atoms with Crippen molar-refractivity contribution < 1.29 is 19.5 Å². The minimum Gasteiger partial charge on any atom is -0.481 e. The SMILES string of the molecule is CC(NC(=O)N1CCCC1CC(=O)O)C(N)=O. The van der Waals surface area contributed by atoms with Gasteiger partial charge in [-0.05, 0) is 19.8 Å². The van der Waals surface area contributed by atoms with Crippen LogP contribution in [0.5, 0.6) is 0 Å². The molecular formula is C10H17N3O4. The molecule has 0 aromatic heterocycles. The lowest BCUT2D eigenvalue weighted by molar-refractivity contribution is -0.138.